The minimum Gasteiger partial charge on any atom is -0.462 e. The largest absolute Gasteiger partial charge is 0.462 e. The molecular weight excluding hydrogens is 544 g/mol. The van der Waals surface area contributed by atoms with Crippen molar-refractivity contribution in [2.45, 2.75) is 65.2 Å². The van der Waals surface area contributed by atoms with Gasteiger partial charge in [-0.1, -0.05) is 36.4 Å². The predicted octanol–water partition coefficient (Wildman–Crippen LogP) is 2.15. The summed E-state index contributed by atoms with van der Waals surface area (Å²) in [6, 6.07) is 11.8. The maximum Gasteiger partial charge on any atom is 0.304 e. The molecule has 3 rings (SSSR count). The van der Waals surface area contributed by atoms with Crippen LogP contribution in [-0.2, 0) is 47.7 Å². The smallest absolute Gasteiger partial charge is 0.304 e. The highest BCUT2D eigenvalue weighted by Gasteiger charge is 2.52. The lowest BCUT2D eigenvalue weighted by Crippen LogP contribution is -2.58. The Bertz CT molecular complexity index is 1310. The number of hydrogen-bond donors (Lipinski definition) is 1. The molecular formula is C27H30N2O10S. The zero-order valence-corrected chi connectivity index (χ0v) is 23.4. The van der Waals surface area contributed by atoms with Crippen LogP contribution >= 0.6 is 12.2 Å². The van der Waals surface area contributed by atoms with Gasteiger partial charge in [-0.2, -0.15) is 0 Å². The Kier molecular flexibility index (Phi) is 9.99. The number of rotatable bonds is 10. The number of nitrogens with zero attached hydrogens (tertiary/aromatic N) is 1. The predicted molar refractivity (Wildman–Crippen MR) is 145 cm³/mol. The van der Waals surface area contributed by atoms with E-state index in [2.05, 4.69) is 5.32 Å². The quantitative estimate of drug-likeness (QED) is 0.251. The molecule has 214 valence electrons. The summed E-state index contributed by atoms with van der Waals surface area (Å²) >= 11 is 5.64. The molecule has 0 aromatic heterocycles. The Morgan fingerprint density at radius 3 is 2.05 bits per heavy atom. The number of carbonyl (C=O) groups is 5. The van der Waals surface area contributed by atoms with E-state index >= 15 is 0 Å². The van der Waals surface area contributed by atoms with E-state index < -0.39 is 67.0 Å². The van der Waals surface area contributed by atoms with Crippen molar-refractivity contribution in [3.63, 3.8) is 0 Å². The summed E-state index contributed by atoms with van der Waals surface area (Å²) in [5, 5.41) is 4.82. The molecule has 0 unspecified atom stereocenters. The number of thiocarbonyl (C=S) groups is 1. The molecule has 5 atom stereocenters. The number of carbonyl (C=O) groups excluding carboxylic acids is 5. The van der Waals surface area contributed by atoms with Crippen LogP contribution in [0.3, 0.4) is 0 Å². The van der Waals surface area contributed by atoms with Gasteiger partial charge in [-0.05, 0) is 23.7 Å². The highest BCUT2D eigenvalue weighted by Crippen LogP contribution is 2.34. The van der Waals surface area contributed by atoms with Crippen molar-refractivity contribution in [1.29, 1.82) is 0 Å². The lowest BCUT2D eigenvalue weighted by atomic mass is 9.98. The van der Waals surface area contributed by atoms with Crippen LogP contribution in [0.25, 0.3) is 10.8 Å². The average molecular weight is 575 g/mol. The first-order valence-electron chi connectivity index (χ1n) is 12.3. The van der Waals surface area contributed by atoms with E-state index in [-0.39, 0.29) is 5.11 Å². The van der Waals surface area contributed by atoms with Gasteiger partial charge in [0.2, 0.25) is 6.23 Å². The highest BCUT2D eigenvalue weighted by molar-refractivity contribution is 7.80. The summed E-state index contributed by atoms with van der Waals surface area (Å²) in [5.41, 5.74) is 0.589. The Labute approximate surface area is 235 Å². The van der Waals surface area contributed by atoms with Crippen molar-refractivity contribution in [2.24, 2.45) is 0 Å². The van der Waals surface area contributed by atoms with E-state index in [1.807, 2.05) is 30.3 Å². The lowest BCUT2D eigenvalue weighted by Gasteiger charge is -2.36. The second-order valence-corrected chi connectivity index (χ2v) is 9.33. The first-order valence-corrected chi connectivity index (χ1v) is 12.7. The molecule has 1 aliphatic rings. The zero-order chi connectivity index (χ0) is 29.6. The Hall–Kier alpha value is -4.26. The number of nitrogens with one attached hydrogen (secondary N) is 1. The van der Waals surface area contributed by atoms with Crippen LogP contribution in [0.1, 0.15) is 34.6 Å². The lowest BCUT2D eigenvalue weighted by molar-refractivity contribution is -0.194. The van der Waals surface area contributed by atoms with Crippen LogP contribution in [0.2, 0.25) is 0 Å². The first kappa shape index (κ1) is 30.3. The van der Waals surface area contributed by atoms with E-state index in [0.717, 1.165) is 38.5 Å². The summed E-state index contributed by atoms with van der Waals surface area (Å²) in [5.74, 6) is -3.73. The minimum absolute atomic E-state index is 0.121. The molecule has 1 saturated heterocycles. The standard InChI is InChI=1S/C27H30N2O10S/c1-14(30)35-13-22(36-15(2)31)24(37-16(3)32)25(38-17(4)33)23-26(39-18(5)34)29(27(40)28-23)21-12-8-10-19-9-6-7-11-20(19)21/h6-12,22-26H,13H2,1-5H3,(H,28,40)/t22-,23-,24-,25-,26-/m1/s1. The molecule has 12 nitrogen and oxygen atoms in total. The second-order valence-electron chi connectivity index (χ2n) is 8.94. The topological polar surface area (TPSA) is 147 Å². The van der Waals surface area contributed by atoms with Gasteiger partial charge in [0.15, 0.2) is 23.4 Å². The number of ether oxygens (including phenoxy) is 5. The normalized spacial score (nSPS) is 18.6. The number of benzene rings is 2. The van der Waals surface area contributed by atoms with Gasteiger partial charge < -0.3 is 29.0 Å². The molecule has 1 fully saturated rings. The first-order chi connectivity index (χ1) is 18.9. The maximum atomic E-state index is 12.3. The molecule has 2 aromatic rings. The van der Waals surface area contributed by atoms with Crippen LogP contribution in [0.15, 0.2) is 42.5 Å². The molecule has 40 heavy (non-hydrogen) atoms. The number of anilines is 1. The van der Waals surface area contributed by atoms with E-state index in [1.165, 1.54) is 6.92 Å². The number of hydrogen-bond acceptors (Lipinski definition) is 11. The van der Waals surface area contributed by atoms with Gasteiger partial charge in [-0.15, -0.1) is 0 Å². The van der Waals surface area contributed by atoms with Gasteiger partial charge in [-0.3, -0.25) is 28.9 Å². The average Bonchev–Trinajstić information content (AvgIpc) is 3.17. The molecule has 1 heterocycles. The number of esters is 5. The fraction of sp³-hybridized carbons (Fsp3) is 0.407. The molecule has 13 heteroatoms. The van der Waals surface area contributed by atoms with Crippen molar-refractivity contribution >= 4 is 63.6 Å². The van der Waals surface area contributed by atoms with Crippen LogP contribution in [-0.4, -0.2) is 72.1 Å². The third-order valence-corrected chi connectivity index (χ3v) is 6.11. The fourth-order valence-corrected chi connectivity index (χ4v) is 4.79. The van der Waals surface area contributed by atoms with Crippen molar-refractivity contribution < 1.29 is 47.7 Å². The van der Waals surface area contributed by atoms with Crippen LogP contribution in [0.4, 0.5) is 5.69 Å². The van der Waals surface area contributed by atoms with Crippen molar-refractivity contribution in [3.05, 3.63) is 42.5 Å². The van der Waals surface area contributed by atoms with Crippen LogP contribution in [0, 0.1) is 0 Å². The van der Waals surface area contributed by atoms with Crippen molar-refractivity contribution in [3.8, 4) is 0 Å². The van der Waals surface area contributed by atoms with Crippen molar-refractivity contribution in [2.75, 3.05) is 11.5 Å². The molecule has 0 aliphatic carbocycles. The summed E-state index contributed by atoms with van der Waals surface area (Å²) in [6.07, 6.45) is -5.54. The molecule has 0 bridgehead atoms. The van der Waals surface area contributed by atoms with Crippen LogP contribution < -0.4 is 10.2 Å². The maximum absolute atomic E-state index is 12.3. The number of fused-ring (bicyclic) bond motifs is 1. The minimum atomic E-state index is -1.50. The fourth-order valence-electron chi connectivity index (χ4n) is 4.46. The monoisotopic (exact) mass is 574 g/mol. The van der Waals surface area contributed by atoms with E-state index in [0.29, 0.717) is 5.69 Å². The molecule has 1 aliphatic heterocycles. The Balaban J connectivity index is 2.15. The summed E-state index contributed by atoms with van der Waals surface area (Å²) in [7, 11) is 0. The SMILES string of the molecule is CC(=O)OC[C@@H](OC(C)=O)[C@@H](OC(C)=O)[C@H](OC(C)=O)[C@H]1NC(=S)N(c2cccc3ccccc23)[C@@H]1OC(C)=O. The summed E-state index contributed by atoms with van der Waals surface area (Å²) in [6.45, 7) is 5.16. The van der Waals surface area contributed by atoms with Gasteiger partial charge in [-0.25, -0.2) is 0 Å². The Morgan fingerprint density at radius 1 is 0.825 bits per heavy atom. The summed E-state index contributed by atoms with van der Waals surface area (Å²) < 4.78 is 27.2. The molecule has 0 spiro atoms. The van der Waals surface area contributed by atoms with Gasteiger partial charge in [0.1, 0.15) is 12.6 Å². The Morgan fingerprint density at radius 2 is 1.45 bits per heavy atom. The third-order valence-electron chi connectivity index (χ3n) is 5.80. The van der Waals surface area contributed by atoms with E-state index in [1.54, 1.807) is 17.0 Å². The van der Waals surface area contributed by atoms with Gasteiger partial charge in [0, 0.05) is 40.0 Å². The molecule has 0 radical (unpaired) electrons. The van der Waals surface area contributed by atoms with E-state index in [4.69, 9.17) is 35.9 Å². The van der Waals surface area contributed by atoms with Gasteiger partial charge in [0.25, 0.3) is 0 Å². The highest BCUT2D eigenvalue weighted by atomic mass is 32.1. The summed E-state index contributed by atoms with van der Waals surface area (Å²) in [4.78, 5) is 61.9. The molecule has 0 saturated carbocycles. The van der Waals surface area contributed by atoms with Gasteiger partial charge in [0.05, 0.1) is 5.69 Å². The van der Waals surface area contributed by atoms with Gasteiger partial charge >= 0.3 is 29.8 Å². The zero-order valence-electron chi connectivity index (χ0n) is 22.6. The molecule has 2 aromatic carbocycles. The van der Waals surface area contributed by atoms with Crippen LogP contribution in [0.5, 0.6) is 0 Å². The molecule has 1 N–H and O–H groups in total. The molecule has 0 amide bonds. The van der Waals surface area contributed by atoms with Crippen molar-refractivity contribution in [1.82, 2.24) is 5.32 Å². The second kappa shape index (κ2) is 13.2. The third kappa shape index (κ3) is 7.44. The van der Waals surface area contributed by atoms with E-state index in [9.17, 15) is 24.0 Å².